The molecule has 1 amide bonds. The number of oxazole rings is 1. The second-order valence-corrected chi connectivity index (χ2v) is 6.10. The van der Waals surface area contributed by atoms with Crippen LogP contribution in [0.25, 0.3) is 11.5 Å². The average Bonchev–Trinajstić information content (AvgIpc) is 3.27. The van der Waals surface area contributed by atoms with Crippen LogP contribution < -0.4 is 5.32 Å². The molecule has 3 aromatic rings. The van der Waals surface area contributed by atoms with Gasteiger partial charge in [0.2, 0.25) is 5.76 Å². The van der Waals surface area contributed by atoms with Gasteiger partial charge in [0, 0.05) is 6.07 Å². The zero-order valence-corrected chi connectivity index (χ0v) is 13.9. The summed E-state index contributed by atoms with van der Waals surface area (Å²) in [5.74, 6) is 1.56. The van der Waals surface area contributed by atoms with Crippen molar-refractivity contribution < 1.29 is 13.6 Å². The van der Waals surface area contributed by atoms with Gasteiger partial charge in [-0.15, -0.1) is 0 Å². The average molecular weight is 328 g/mol. The molecule has 7 heteroatoms. The van der Waals surface area contributed by atoms with E-state index in [1.165, 1.54) is 12.7 Å². The van der Waals surface area contributed by atoms with Crippen LogP contribution in [0.1, 0.15) is 43.7 Å². The Hall–Kier alpha value is -2.83. The molecule has 0 fully saturated rings. The van der Waals surface area contributed by atoms with Crippen LogP contribution in [0.4, 0.5) is 5.82 Å². The van der Waals surface area contributed by atoms with Crippen LogP contribution in [-0.4, -0.2) is 20.7 Å². The van der Waals surface area contributed by atoms with Gasteiger partial charge in [0.1, 0.15) is 5.82 Å². The molecule has 3 heterocycles. The van der Waals surface area contributed by atoms with Gasteiger partial charge in [0.05, 0.1) is 18.5 Å². The summed E-state index contributed by atoms with van der Waals surface area (Å²) in [6.45, 7) is 6.39. The fourth-order valence-electron chi connectivity index (χ4n) is 2.71. The van der Waals surface area contributed by atoms with Gasteiger partial charge in [0.15, 0.2) is 17.8 Å². The summed E-state index contributed by atoms with van der Waals surface area (Å²) in [6, 6.07) is 5.38. The third-order valence-corrected chi connectivity index (χ3v) is 3.67. The minimum Gasteiger partial charge on any atom is -0.461 e. The standard InChI is InChI=1S/C17H20N4O3/c1-11(2)9-12(3)21-14(6-7-19-21)20-17(22)15-16(24-10-18-15)13-5-4-8-23-13/h4-8,10-12H,9H2,1-3H3,(H,20,22)/t12-/m0/s1. The first kappa shape index (κ1) is 16.0. The number of carbonyl (C=O) groups excluding carboxylic acids is 1. The number of nitrogens with one attached hydrogen (secondary N) is 1. The molecular formula is C17H20N4O3. The van der Waals surface area contributed by atoms with E-state index >= 15 is 0 Å². The van der Waals surface area contributed by atoms with Crippen LogP contribution in [0.15, 0.2) is 45.9 Å². The van der Waals surface area contributed by atoms with Crippen molar-refractivity contribution in [1.29, 1.82) is 0 Å². The van der Waals surface area contributed by atoms with Gasteiger partial charge in [-0.1, -0.05) is 13.8 Å². The summed E-state index contributed by atoms with van der Waals surface area (Å²) in [7, 11) is 0. The summed E-state index contributed by atoms with van der Waals surface area (Å²) >= 11 is 0. The monoisotopic (exact) mass is 328 g/mol. The van der Waals surface area contributed by atoms with E-state index in [0.29, 0.717) is 23.3 Å². The largest absolute Gasteiger partial charge is 0.461 e. The zero-order valence-electron chi connectivity index (χ0n) is 13.9. The van der Waals surface area contributed by atoms with Gasteiger partial charge in [-0.2, -0.15) is 5.10 Å². The molecule has 3 aromatic heterocycles. The van der Waals surface area contributed by atoms with E-state index in [4.69, 9.17) is 8.83 Å². The van der Waals surface area contributed by atoms with Crippen LogP contribution in [0.2, 0.25) is 0 Å². The van der Waals surface area contributed by atoms with Crippen LogP contribution in [-0.2, 0) is 0 Å². The molecule has 0 bridgehead atoms. The quantitative estimate of drug-likeness (QED) is 0.739. The van der Waals surface area contributed by atoms with E-state index in [0.717, 1.165) is 6.42 Å². The molecule has 1 atom stereocenters. The zero-order chi connectivity index (χ0) is 17.1. The second-order valence-electron chi connectivity index (χ2n) is 6.10. The maximum Gasteiger partial charge on any atom is 0.279 e. The van der Waals surface area contributed by atoms with Crippen LogP contribution in [0, 0.1) is 5.92 Å². The fourth-order valence-corrected chi connectivity index (χ4v) is 2.71. The Morgan fingerprint density at radius 2 is 2.12 bits per heavy atom. The first-order valence-electron chi connectivity index (χ1n) is 7.88. The number of rotatable bonds is 6. The van der Waals surface area contributed by atoms with E-state index in [1.807, 2.05) is 4.68 Å². The van der Waals surface area contributed by atoms with Crippen molar-refractivity contribution in [1.82, 2.24) is 14.8 Å². The Labute approximate surface area is 139 Å². The highest BCUT2D eigenvalue weighted by molar-refractivity contribution is 6.05. The highest BCUT2D eigenvalue weighted by Crippen LogP contribution is 2.25. The predicted octanol–water partition coefficient (Wildman–Crippen LogP) is 3.99. The van der Waals surface area contributed by atoms with Crippen molar-refractivity contribution in [3.8, 4) is 11.5 Å². The first-order valence-corrected chi connectivity index (χ1v) is 7.88. The van der Waals surface area contributed by atoms with E-state index < -0.39 is 0 Å². The number of hydrogen-bond donors (Lipinski definition) is 1. The number of anilines is 1. The lowest BCUT2D eigenvalue weighted by Gasteiger charge is -2.17. The van der Waals surface area contributed by atoms with Gasteiger partial charge >= 0.3 is 0 Å². The predicted molar refractivity (Wildman–Crippen MR) is 88.6 cm³/mol. The van der Waals surface area contributed by atoms with E-state index in [-0.39, 0.29) is 17.6 Å². The van der Waals surface area contributed by atoms with E-state index in [2.05, 4.69) is 36.2 Å². The Morgan fingerprint density at radius 3 is 2.83 bits per heavy atom. The summed E-state index contributed by atoms with van der Waals surface area (Å²) in [5, 5.41) is 7.16. The van der Waals surface area contributed by atoms with Gasteiger partial charge in [0.25, 0.3) is 5.91 Å². The molecule has 0 aromatic carbocycles. The van der Waals surface area contributed by atoms with Gasteiger partial charge < -0.3 is 14.2 Å². The van der Waals surface area contributed by atoms with Gasteiger partial charge in [-0.05, 0) is 31.4 Å². The number of hydrogen-bond acceptors (Lipinski definition) is 5. The Bertz CT molecular complexity index is 802. The van der Waals surface area contributed by atoms with Crippen molar-refractivity contribution in [2.24, 2.45) is 5.92 Å². The summed E-state index contributed by atoms with van der Waals surface area (Å²) in [4.78, 5) is 16.6. The molecular weight excluding hydrogens is 308 g/mol. The van der Waals surface area contributed by atoms with Gasteiger partial charge in [-0.25, -0.2) is 9.67 Å². The van der Waals surface area contributed by atoms with Gasteiger partial charge in [-0.3, -0.25) is 4.79 Å². The molecule has 0 aliphatic rings. The molecule has 0 radical (unpaired) electrons. The molecule has 126 valence electrons. The summed E-state index contributed by atoms with van der Waals surface area (Å²) in [5.41, 5.74) is 0.175. The topological polar surface area (TPSA) is 86.1 Å². The molecule has 24 heavy (non-hydrogen) atoms. The van der Waals surface area contributed by atoms with Crippen LogP contribution in [0.3, 0.4) is 0 Å². The van der Waals surface area contributed by atoms with Crippen molar-refractivity contribution in [3.05, 3.63) is 42.7 Å². The van der Waals surface area contributed by atoms with Crippen molar-refractivity contribution in [3.63, 3.8) is 0 Å². The molecule has 0 saturated carbocycles. The third-order valence-electron chi connectivity index (χ3n) is 3.67. The lowest BCUT2D eigenvalue weighted by Crippen LogP contribution is -2.19. The highest BCUT2D eigenvalue weighted by Gasteiger charge is 2.22. The fraction of sp³-hybridized carbons (Fsp3) is 0.353. The maximum atomic E-state index is 12.6. The lowest BCUT2D eigenvalue weighted by atomic mass is 10.1. The van der Waals surface area contributed by atoms with Crippen molar-refractivity contribution in [2.45, 2.75) is 33.2 Å². The minimum absolute atomic E-state index is 0.175. The molecule has 0 saturated heterocycles. The number of carbonyl (C=O) groups is 1. The number of nitrogens with zero attached hydrogens (tertiary/aromatic N) is 3. The summed E-state index contributed by atoms with van der Waals surface area (Å²) in [6.07, 6.45) is 5.38. The highest BCUT2D eigenvalue weighted by atomic mass is 16.4. The number of aromatic nitrogens is 3. The first-order chi connectivity index (χ1) is 11.6. The minimum atomic E-state index is -0.367. The second kappa shape index (κ2) is 6.74. The Kier molecular flexibility index (Phi) is 4.50. The lowest BCUT2D eigenvalue weighted by molar-refractivity contribution is 0.102. The molecule has 0 spiro atoms. The Balaban J connectivity index is 1.80. The van der Waals surface area contributed by atoms with E-state index in [9.17, 15) is 4.79 Å². The molecule has 3 rings (SSSR count). The number of furan rings is 1. The van der Waals surface area contributed by atoms with Crippen LogP contribution in [0.5, 0.6) is 0 Å². The number of amides is 1. The SMILES string of the molecule is CC(C)C[C@H](C)n1nccc1NC(=O)c1ncoc1-c1ccco1. The molecule has 0 aliphatic carbocycles. The Morgan fingerprint density at radius 1 is 1.29 bits per heavy atom. The molecule has 7 nitrogen and oxygen atoms in total. The summed E-state index contributed by atoms with van der Waals surface area (Å²) < 4.78 is 12.4. The van der Waals surface area contributed by atoms with E-state index in [1.54, 1.807) is 24.4 Å². The van der Waals surface area contributed by atoms with Crippen molar-refractivity contribution >= 4 is 11.7 Å². The molecule has 1 N–H and O–H groups in total. The smallest absolute Gasteiger partial charge is 0.279 e. The third kappa shape index (κ3) is 3.24. The maximum absolute atomic E-state index is 12.6. The molecule has 0 unspecified atom stereocenters. The normalized spacial score (nSPS) is 12.5. The molecule has 0 aliphatic heterocycles. The van der Waals surface area contributed by atoms with Crippen molar-refractivity contribution in [2.75, 3.05) is 5.32 Å². The van der Waals surface area contributed by atoms with Crippen LogP contribution >= 0.6 is 0 Å².